The molecule has 0 radical (unpaired) electrons. The number of fused-ring (bicyclic) bond motifs is 1. The summed E-state index contributed by atoms with van der Waals surface area (Å²) in [5, 5.41) is 21.2. The Morgan fingerprint density at radius 3 is 2.63 bits per heavy atom. The molecule has 0 saturated heterocycles. The smallest absolute Gasteiger partial charge is 0.359 e. The van der Waals surface area contributed by atoms with E-state index in [0.717, 1.165) is 44.9 Å². The fraction of sp³-hybridized carbons (Fsp3) is 0.250. The number of aromatic amines is 1. The van der Waals surface area contributed by atoms with Crippen molar-refractivity contribution in [1.82, 2.24) is 20.4 Å². The fourth-order valence-electron chi connectivity index (χ4n) is 3.11. The molecule has 0 bridgehead atoms. The number of hydrogen-bond donors (Lipinski definition) is 3. The predicted octanol–water partition coefficient (Wildman–Crippen LogP) is 4.39. The van der Waals surface area contributed by atoms with Crippen molar-refractivity contribution in [1.29, 1.82) is 0 Å². The van der Waals surface area contributed by atoms with Crippen LogP contribution in [0.25, 0.3) is 21.5 Å². The SMILES string of the molecule is Cc1n[nH]c2ccc(-c3nnc(NC[C@@H](N)Cc4ccc(C(F)(F)F)cc4)s3)cc12. The van der Waals surface area contributed by atoms with Gasteiger partial charge in [-0.15, -0.1) is 10.2 Å². The number of rotatable bonds is 6. The van der Waals surface area contributed by atoms with E-state index in [9.17, 15) is 13.2 Å². The molecule has 10 heteroatoms. The Balaban J connectivity index is 1.36. The minimum atomic E-state index is -4.33. The lowest BCUT2D eigenvalue weighted by molar-refractivity contribution is -0.137. The highest BCUT2D eigenvalue weighted by Gasteiger charge is 2.29. The molecule has 4 aromatic rings. The maximum atomic E-state index is 12.6. The summed E-state index contributed by atoms with van der Waals surface area (Å²) < 4.78 is 37.9. The van der Waals surface area contributed by atoms with Crippen LogP contribution in [0.2, 0.25) is 0 Å². The Morgan fingerprint density at radius 2 is 1.90 bits per heavy atom. The van der Waals surface area contributed by atoms with Crippen molar-refractivity contribution in [3.63, 3.8) is 0 Å². The number of aryl methyl sites for hydroxylation is 1. The van der Waals surface area contributed by atoms with Crippen LogP contribution in [-0.4, -0.2) is 33.0 Å². The van der Waals surface area contributed by atoms with Crippen LogP contribution in [-0.2, 0) is 12.6 Å². The van der Waals surface area contributed by atoms with Gasteiger partial charge in [-0.25, -0.2) is 0 Å². The molecule has 2 aromatic carbocycles. The van der Waals surface area contributed by atoms with Gasteiger partial charge < -0.3 is 11.1 Å². The summed E-state index contributed by atoms with van der Waals surface area (Å²) in [6.45, 7) is 2.36. The Labute approximate surface area is 174 Å². The number of nitrogens with two attached hydrogens (primary N) is 1. The molecule has 0 fully saturated rings. The molecule has 30 heavy (non-hydrogen) atoms. The number of anilines is 1. The number of H-pyrrole nitrogens is 1. The number of benzene rings is 2. The molecule has 0 aliphatic carbocycles. The lowest BCUT2D eigenvalue weighted by Crippen LogP contribution is -2.31. The van der Waals surface area contributed by atoms with Crippen molar-refractivity contribution in [3.05, 3.63) is 59.3 Å². The largest absolute Gasteiger partial charge is 0.416 e. The van der Waals surface area contributed by atoms with Gasteiger partial charge in [0.25, 0.3) is 0 Å². The highest BCUT2D eigenvalue weighted by Crippen LogP contribution is 2.30. The number of hydrogen-bond acceptors (Lipinski definition) is 6. The van der Waals surface area contributed by atoms with Crippen molar-refractivity contribution in [2.75, 3.05) is 11.9 Å². The molecule has 0 aliphatic heterocycles. The van der Waals surface area contributed by atoms with Gasteiger partial charge in [0.15, 0.2) is 0 Å². The topological polar surface area (TPSA) is 92.5 Å². The standard InChI is InChI=1S/C20H19F3N6S/c1-11-16-9-13(4-7-17(16)27-26-11)18-28-29-19(30-18)25-10-15(24)8-12-2-5-14(6-3-12)20(21,22)23/h2-7,9,15H,8,10,24H2,1H3,(H,25,29)(H,26,27)/t15-/m0/s1. The summed E-state index contributed by atoms with van der Waals surface area (Å²) in [5.41, 5.74) is 9.05. The number of halogens is 3. The Kier molecular flexibility index (Phi) is 5.44. The maximum Gasteiger partial charge on any atom is 0.416 e. The van der Waals surface area contributed by atoms with Crippen molar-refractivity contribution in [3.8, 4) is 10.6 Å². The summed E-state index contributed by atoms with van der Waals surface area (Å²) in [4.78, 5) is 0. The van der Waals surface area contributed by atoms with Crippen LogP contribution in [0.1, 0.15) is 16.8 Å². The molecular weight excluding hydrogens is 413 g/mol. The van der Waals surface area contributed by atoms with Gasteiger partial charge in [0.2, 0.25) is 5.13 Å². The van der Waals surface area contributed by atoms with Crippen LogP contribution < -0.4 is 11.1 Å². The number of nitrogens with one attached hydrogen (secondary N) is 2. The van der Waals surface area contributed by atoms with Gasteiger partial charge in [-0.3, -0.25) is 5.10 Å². The minimum absolute atomic E-state index is 0.279. The first kappa shape index (κ1) is 20.3. The van der Waals surface area contributed by atoms with Gasteiger partial charge in [-0.1, -0.05) is 23.5 Å². The third kappa shape index (κ3) is 4.44. The zero-order chi connectivity index (χ0) is 21.3. The highest BCUT2D eigenvalue weighted by molar-refractivity contribution is 7.18. The average Bonchev–Trinajstić information content (AvgIpc) is 3.33. The van der Waals surface area contributed by atoms with Crippen LogP contribution >= 0.6 is 11.3 Å². The molecule has 2 aromatic heterocycles. The Hall–Kier alpha value is -2.98. The van der Waals surface area contributed by atoms with E-state index in [0.29, 0.717) is 18.1 Å². The number of aromatic nitrogens is 4. The maximum absolute atomic E-state index is 12.6. The normalized spacial score (nSPS) is 13.0. The summed E-state index contributed by atoms with van der Waals surface area (Å²) in [6.07, 6.45) is -3.88. The van der Waals surface area contributed by atoms with Gasteiger partial charge in [-0.05, 0) is 49.2 Å². The minimum Gasteiger partial charge on any atom is -0.359 e. The van der Waals surface area contributed by atoms with Crippen LogP contribution in [0, 0.1) is 6.92 Å². The molecule has 6 nitrogen and oxygen atoms in total. The van der Waals surface area contributed by atoms with Gasteiger partial charge in [0.05, 0.1) is 16.8 Å². The van der Waals surface area contributed by atoms with E-state index in [2.05, 4.69) is 25.7 Å². The predicted molar refractivity (Wildman–Crippen MR) is 111 cm³/mol. The molecule has 4 rings (SSSR count). The third-order valence-electron chi connectivity index (χ3n) is 4.72. The van der Waals surface area contributed by atoms with E-state index in [-0.39, 0.29) is 6.04 Å². The van der Waals surface area contributed by atoms with Crippen molar-refractivity contribution in [2.24, 2.45) is 5.73 Å². The van der Waals surface area contributed by atoms with Gasteiger partial charge in [0.1, 0.15) is 5.01 Å². The fourth-order valence-corrected chi connectivity index (χ4v) is 3.86. The second-order valence-corrected chi connectivity index (χ2v) is 8.00. The zero-order valence-electron chi connectivity index (χ0n) is 16.0. The first-order valence-corrected chi connectivity index (χ1v) is 10.1. The molecule has 0 amide bonds. The number of nitrogens with zero attached hydrogens (tertiary/aromatic N) is 3. The monoisotopic (exact) mass is 432 g/mol. The summed E-state index contributed by atoms with van der Waals surface area (Å²) in [6, 6.07) is 10.7. The second kappa shape index (κ2) is 8.04. The lowest BCUT2D eigenvalue weighted by atomic mass is 10.0. The average molecular weight is 432 g/mol. The van der Waals surface area contributed by atoms with Crippen LogP contribution in [0.3, 0.4) is 0 Å². The van der Waals surface area contributed by atoms with E-state index in [1.807, 2.05) is 25.1 Å². The quantitative estimate of drug-likeness (QED) is 0.420. The highest BCUT2D eigenvalue weighted by atomic mass is 32.1. The van der Waals surface area contributed by atoms with E-state index in [4.69, 9.17) is 5.73 Å². The zero-order valence-corrected chi connectivity index (χ0v) is 16.8. The first-order chi connectivity index (χ1) is 14.3. The molecule has 4 N–H and O–H groups in total. The van der Waals surface area contributed by atoms with Crippen molar-refractivity contribution >= 4 is 27.4 Å². The van der Waals surface area contributed by atoms with E-state index in [1.165, 1.54) is 23.5 Å². The molecular formula is C20H19F3N6S. The van der Waals surface area contributed by atoms with Crippen molar-refractivity contribution in [2.45, 2.75) is 25.6 Å². The van der Waals surface area contributed by atoms with E-state index < -0.39 is 11.7 Å². The van der Waals surface area contributed by atoms with Gasteiger partial charge in [0, 0.05) is 23.5 Å². The summed E-state index contributed by atoms with van der Waals surface area (Å²) in [7, 11) is 0. The third-order valence-corrected chi connectivity index (χ3v) is 5.65. The summed E-state index contributed by atoms with van der Waals surface area (Å²) in [5.74, 6) is 0. The second-order valence-electron chi connectivity index (χ2n) is 7.02. The van der Waals surface area contributed by atoms with E-state index in [1.54, 1.807) is 0 Å². The molecule has 156 valence electrons. The van der Waals surface area contributed by atoms with E-state index >= 15 is 0 Å². The molecule has 0 unspecified atom stereocenters. The molecule has 0 spiro atoms. The molecule has 0 saturated carbocycles. The molecule has 2 heterocycles. The van der Waals surface area contributed by atoms with Gasteiger partial charge >= 0.3 is 6.18 Å². The van der Waals surface area contributed by atoms with Crippen LogP contribution in [0.4, 0.5) is 18.3 Å². The van der Waals surface area contributed by atoms with Crippen LogP contribution in [0.15, 0.2) is 42.5 Å². The first-order valence-electron chi connectivity index (χ1n) is 9.24. The summed E-state index contributed by atoms with van der Waals surface area (Å²) >= 11 is 1.41. The van der Waals surface area contributed by atoms with Gasteiger partial charge in [-0.2, -0.15) is 18.3 Å². The molecule has 0 aliphatic rings. The Bertz CT molecular complexity index is 1150. The lowest BCUT2D eigenvalue weighted by Gasteiger charge is -2.13. The number of alkyl halides is 3. The van der Waals surface area contributed by atoms with Crippen LogP contribution in [0.5, 0.6) is 0 Å². The van der Waals surface area contributed by atoms with Crippen molar-refractivity contribution < 1.29 is 13.2 Å². The Morgan fingerprint density at radius 1 is 1.13 bits per heavy atom. The molecule has 1 atom stereocenters.